The van der Waals surface area contributed by atoms with Crippen molar-refractivity contribution in [3.63, 3.8) is 0 Å². The zero-order valence-corrected chi connectivity index (χ0v) is 10.3. The minimum Gasteiger partial charge on any atom is -0.334 e. The van der Waals surface area contributed by atoms with Crippen LogP contribution in [0.1, 0.15) is 32.3 Å². The highest BCUT2D eigenvalue weighted by atomic mass is 15.1. The van der Waals surface area contributed by atoms with Crippen LogP contribution in [0.15, 0.2) is 6.20 Å². The average Bonchev–Trinajstić information content (AvgIpc) is 2.48. The number of rotatable bonds is 3. The SMILES string of the molecule is CC.CCn1cc(C)nc1CN(C)C. The average molecular weight is 197 g/mol. The molecule has 0 aliphatic rings. The Morgan fingerprint density at radius 1 is 1.36 bits per heavy atom. The molecule has 0 atom stereocenters. The molecule has 0 aliphatic heterocycles. The smallest absolute Gasteiger partial charge is 0.123 e. The van der Waals surface area contributed by atoms with Crippen molar-refractivity contribution in [3.05, 3.63) is 17.7 Å². The predicted molar refractivity (Wildman–Crippen MR) is 61.4 cm³/mol. The third kappa shape index (κ3) is 3.92. The third-order valence-corrected chi connectivity index (χ3v) is 1.78. The molecule has 0 fully saturated rings. The number of aromatic nitrogens is 2. The molecule has 3 heteroatoms. The summed E-state index contributed by atoms with van der Waals surface area (Å²) in [4.78, 5) is 6.58. The second-order valence-electron chi connectivity index (χ2n) is 3.32. The molecular formula is C11H23N3. The summed E-state index contributed by atoms with van der Waals surface area (Å²) < 4.78 is 2.19. The third-order valence-electron chi connectivity index (χ3n) is 1.78. The zero-order chi connectivity index (χ0) is 11.1. The maximum absolute atomic E-state index is 4.44. The summed E-state index contributed by atoms with van der Waals surface area (Å²) in [6.45, 7) is 10.1. The molecular weight excluding hydrogens is 174 g/mol. The van der Waals surface area contributed by atoms with Gasteiger partial charge in [-0.2, -0.15) is 0 Å². The van der Waals surface area contributed by atoms with E-state index in [2.05, 4.69) is 41.7 Å². The van der Waals surface area contributed by atoms with Gasteiger partial charge in [-0.15, -0.1) is 0 Å². The molecule has 14 heavy (non-hydrogen) atoms. The maximum atomic E-state index is 4.44. The summed E-state index contributed by atoms with van der Waals surface area (Å²) in [5, 5.41) is 0. The first kappa shape index (κ1) is 13.2. The van der Waals surface area contributed by atoms with Crippen LogP contribution in [-0.4, -0.2) is 28.5 Å². The Kier molecular flexibility index (Phi) is 6.21. The van der Waals surface area contributed by atoms with Gasteiger partial charge in [0.05, 0.1) is 12.2 Å². The van der Waals surface area contributed by atoms with Gasteiger partial charge in [0, 0.05) is 12.7 Å². The van der Waals surface area contributed by atoms with Crippen molar-refractivity contribution >= 4 is 0 Å². The summed E-state index contributed by atoms with van der Waals surface area (Å²) in [5.74, 6) is 1.15. The van der Waals surface area contributed by atoms with Gasteiger partial charge in [-0.05, 0) is 27.9 Å². The van der Waals surface area contributed by atoms with Crippen LogP contribution in [0.3, 0.4) is 0 Å². The van der Waals surface area contributed by atoms with Crippen LogP contribution in [0.25, 0.3) is 0 Å². The van der Waals surface area contributed by atoms with Crippen LogP contribution < -0.4 is 0 Å². The van der Waals surface area contributed by atoms with Gasteiger partial charge < -0.3 is 9.47 Å². The van der Waals surface area contributed by atoms with E-state index in [1.165, 1.54) is 0 Å². The monoisotopic (exact) mass is 197 g/mol. The van der Waals surface area contributed by atoms with Gasteiger partial charge in [0.25, 0.3) is 0 Å². The molecule has 0 aliphatic carbocycles. The second-order valence-corrected chi connectivity index (χ2v) is 3.32. The quantitative estimate of drug-likeness (QED) is 0.741. The number of nitrogens with zero attached hydrogens (tertiary/aromatic N) is 3. The molecule has 0 amide bonds. The van der Waals surface area contributed by atoms with Crippen molar-refractivity contribution in [1.29, 1.82) is 0 Å². The van der Waals surface area contributed by atoms with Crippen molar-refractivity contribution in [1.82, 2.24) is 14.5 Å². The summed E-state index contributed by atoms with van der Waals surface area (Å²) in [5.41, 5.74) is 1.11. The number of imidazole rings is 1. The molecule has 1 aromatic rings. The molecule has 82 valence electrons. The lowest BCUT2D eigenvalue weighted by Gasteiger charge is -2.09. The standard InChI is InChI=1S/C9H17N3.C2H6/c1-5-12-6-8(2)10-9(12)7-11(3)4;1-2/h6H,5,7H2,1-4H3;1-2H3. The van der Waals surface area contributed by atoms with Crippen molar-refractivity contribution in [2.24, 2.45) is 0 Å². The first-order valence-corrected chi connectivity index (χ1v) is 5.31. The molecule has 3 nitrogen and oxygen atoms in total. The fourth-order valence-corrected chi connectivity index (χ4v) is 1.28. The van der Waals surface area contributed by atoms with Crippen LogP contribution >= 0.6 is 0 Å². The van der Waals surface area contributed by atoms with Gasteiger partial charge in [-0.3, -0.25) is 0 Å². The first-order valence-electron chi connectivity index (χ1n) is 5.31. The van der Waals surface area contributed by atoms with E-state index in [9.17, 15) is 0 Å². The van der Waals surface area contributed by atoms with E-state index in [0.29, 0.717) is 0 Å². The van der Waals surface area contributed by atoms with Crippen molar-refractivity contribution < 1.29 is 0 Å². The van der Waals surface area contributed by atoms with Gasteiger partial charge in [-0.1, -0.05) is 13.8 Å². The van der Waals surface area contributed by atoms with Crippen LogP contribution in [0, 0.1) is 6.92 Å². The molecule has 1 heterocycles. The van der Waals surface area contributed by atoms with Gasteiger partial charge in [0.15, 0.2) is 0 Å². The van der Waals surface area contributed by atoms with Crippen molar-refractivity contribution in [2.45, 2.75) is 40.8 Å². The molecule has 0 radical (unpaired) electrons. The molecule has 0 saturated carbocycles. The van der Waals surface area contributed by atoms with Gasteiger partial charge in [0.2, 0.25) is 0 Å². The van der Waals surface area contributed by atoms with E-state index < -0.39 is 0 Å². The zero-order valence-electron chi connectivity index (χ0n) is 10.3. The van der Waals surface area contributed by atoms with E-state index in [-0.39, 0.29) is 0 Å². The minimum absolute atomic E-state index is 0.918. The van der Waals surface area contributed by atoms with Crippen molar-refractivity contribution in [3.8, 4) is 0 Å². The summed E-state index contributed by atoms with van der Waals surface area (Å²) in [6, 6.07) is 0. The lowest BCUT2D eigenvalue weighted by molar-refractivity contribution is 0.381. The van der Waals surface area contributed by atoms with Crippen LogP contribution in [0.4, 0.5) is 0 Å². The Balaban J connectivity index is 0.000000791. The molecule has 0 spiro atoms. The largest absolute Gasteiger partial charge is 0.334 e. The molecule has 1 rings (SSSR count). The Bertz CT molecular complexity index is 251. The topological polar surface area (TPSA) is 21.1 Å². The van der Waals surface area contributed by atoms with Crippen LogP contribution in [0.2, 0.25) is 0 Å². The molecule has 0 aromatic carbocycles. The molecule has 0 unspecified atom stereocenters. The number of hydrogen-bond donors (Lipinski definition) is 0. The van der Waals surface area contributed by atoms with E-state index >= 15 is 0 Å². The van der Waals surface area contributed by atoms with Gasteiger partial charge >= 0.3 is 0 Å². The molecule has 0 saturated heterocycles. The van der Waals surface area contributed by atoms with E-state index in [1.807, 2.05) is 20.8 Å². The van der Waals surface area contributed by atoms with Crippen LogP contribution in [-0.2, 0) is 13.1 Å². The Morgan fingerprint density at radius 2 is 1.93 bits per heavy atom. The number of aryl methyl sites for hydroxylation is 2. The highest BCUT2D eigenvalue weighted by molar-refractivity contribution is 5.01. The Morgan fingerprint density at radius 3 is 2.36 bits per heavy atom. The van der Waals surface area contributed by atoms with E-state index in [0.717, 1.165) is 24.6 Å². The number of hydrogen-bond acceptors (Lipinski definition) is 2. The normalized spacial score (nSPS) is 9.93. The summed E-state index contributed by atoms with van der Waals surface area (Å²) in [7, 11) is 4.12. The highest BCUT2D eigenvalue weighted by Crippen LogP contribution is 2.03. The first-order chi connectivity index (χ1) is 6.63. The summed E-state index contributed by atoms with van der Waals surface area (Å²) in [6.07, 6.45) is 2.10. The van der Waals surface area contributed by atoms with Gasteiger partial charge in [0.1, 0.15) is 5.82 Å². The molecule has 0 N–H and O–H groups in total. The predicted octanol–water partition coefficient (Wildman–Crippen LogP) is 2.30. The molecule has 1 aromatic heterocycles. The maximum Gasteiger partial charge on any atom is 0.123 e. The second kappa shape index (κ2) is 6.60. The van der Waals surface area contributed by atoms with E-state index in [4.69, 9.17) is 0 Å². The lowest BCUT2D eigenvalue weighted by atomic mass is 10.5. The lowest BCUT2D eigenvalue weighted by Crippen LogP contribution is -2.15. The van der Waals surface area contributed by atoms with E-state index in [1.54, 1.807) is 0 Å². The minimum atomic E-state index is 0.918. The van der Waals surface area contributed by atoms with Crippen molar-refractivity contribution in [2.75, 3.05) is 14.1 Å². The molecule has 0 bridgehead atoms. The van der Waals surface area contributed by atoms with Gasteiger partial charge in [-0.25, -0.2) is 4.98 Å². The fraction of sp³-hybridized carbons (Fsp3) is 0.727. The Labute approximate surface area is 87.8 Å². The summed E-state index contributed by atoms with van der Waals surface area (Å²) >= 11 is 0. The Hall–Kier alpha value is -0.830. The fourth-order valence-electron chi connectivity index (χ4n) is 1.28. The van der Waals surface area contributed by atoms with Crippen LogP contribution in [0.5, 0.6) is 0 Å². The highest BCUT2D eigenvalue weighted by Gasteiger charge is 2.03.